The molecule has 3 N–H and O–H groups in total. The molecule has 0 radical (unpaired) electrons. The van der Waals surface area contributed by atoms with Gasteiger partial charge in [0, 0.05) is 11.3 Å². The van der Waals surface area contributed by atoms with Gasteiger partial charge in [0.15, 0.2) is 6.04 Å². The van der Waals surface area contributed by atoms with Gasteiger partial charge >= 0.3 is 5.97 Å². The third-order valence-electron chi connectivity index (χ3n) is 1.74. The highest BCUT2D eigenvalue weighted by Crippen LogP contribution is 2.19. The molecule has 0 heterocycles. The Morgan fingerprint density at radius 3 is 2.40 bits per heavy atom. The number of azide groups is 1. The van der Waals surface area contributed by atoms with Gasteiger partial charge < -0.3 is 15.3 Å². The first-order chi connectivity index (χ1) is 6.87. The van der Waals surface area contributed by atoms with Crippen LogP contribution in [0, 0.1) is 0 Å². The smallest absolute Gasteiger partial charge is 0.315 e. The molecule has 0 aromatic heterocycles. The lowest BCUT2D eigenvalue weighted by Gasteiger charge is -2.27. The molecule has 0 aliphatic carbocycles. The summed E-state index contributed by atoms with van der Waals surface area (Å²) in [4.78, 5) is 23.6. The summed E-state index contributed by atoms with van der Waals surface area (Å²) in [5.41, 5.74) is 5.84. The van der Waals surface area contributed by atoms with E-state index in [0.717, 1.165) is 6.92 Å². The van der Waals surface area contributed by atoms with E-state index in [0.29, 0.717) is 0 Å². The number of carboxylic acid groups (broad SMARTS) is 1. The van der Waals surface area contributed by atoms with Crippen molar-refractivity contribution in [1.82, 2.24) is 0 Å². The van der Waals surface area contributed by atoms with Crippen molar-refractivity contribution in [2.24, 2.45) is 5.11 Å². The number of hydrogen-bond acceptors (Lipinski definition) is 5. The van der Waals surface area contributed by atoms with Crippen LogP contribution < -0.4 is 0 Å². The van der Waals surface area contributed by atoms with Crippen LogP contribution in [0.2, 0.25) is 0 Å². The van der Waals surface area contributed by atoms with Crippen LogP contribution in [0.25, 0.3) is 10.4 Å². The van der Waals surface area contributed by atoms with Gasteiger partial charge in [-0.1, -0.05) is 5.11 Å². The summed E-state index contributed by atoms with van der Waals surface area (Å²) in [6, 6.07) is -1.89. The quantitative estimate of drug-likeness (QED) is 0.310. The number of carbonyl (C=O) groups is 2. The first kappa shape index (κ1) is 13.4. The Morgan fingerprint density at radius 1 is 1.60 bits per heavy atom. The number of rotatable bonds is 6. The van der Waals surface area contributed by atoms with Gasteiger partial charge in [-0.2, -0.15) is 0 Å². The van der Waals surface area contributed by atoms with Gasteiger partial charge in [-0.25, -0.2) is 0 Å². The number of hydrogen-bond donors (Lipinski definition) is 3. The van der Waals surface area contributed by atoms with E-state index in [1.807, 2.05) is 0 Å². The Morgan fingerprint density at radius 2 is 2.13 bits per heavy atom. The largest absolute Gasteiger partial charge is 0.481 e. The minimum absolute atomic E-state index is 0.522. The fraction of sp³-hybridized carbons (Fsp3) is 0.714. The second-order valence-electron chi connectivity index (χ2n) is 3.09. The van der Waals surface area contributed by atoms with Crippen LogP contribution in [0.1, 0.15) is 13.3 Å². The highest BCUT2D eigenvalue weighted by Gasteiger charge is 2.41. The minimum Gasteiger partial charge on any atom is -0.481 e. The summed E-state index contributed by atoms with van der Waals surface area (Å²) in [6.07, 6.45) is -0.598. The number of ketones is 1. The zero-order valence-corrected chi connectivity index (χ0v) is 7.99. The fourth-order valence-electron chi connectivity index (χ4n) is 1.11. The average molecular weight is 217 g/mol. The van der Waals surface area contributed by atoms with Crippen LogP contribution in [0.3, 0.4) is 0 Å². The van der Waals surface area contributed by atoms with Crippen molar-refractivity contribution in [2.75, 3.05) is 6.61 Å². The summed E-state index contributed by atoms with van der Waals surface area (Å²) in [6.45, 7) is 0.137. The van der Waals surface area contributed by atoms with Crippen molar-refractivity contribution < 1.29 is 24.9 Å². The normalized spacial score (nSPS) is 15.9. The summed E-state index contributed by atoms with van der Waals surface area (Å²) in [5, 5.41) is 29.9. The summed E-state index contributed by atoms with van der Waals surface area (Å²) in [7, 11) is 0. The third-order valence-corrected chi connectivity index (χ3v) is 1.74. The molecule has 0 rings (SSSR count). The first-order valence-corrected chi connectivity index (χ1v) is 3.97. The van der Waals surface area contributed by atoms with Crippen LogP contribution in [-0.2, 0) is 9.59 Å². The Bertz CT molecular complexity index is 310. The third kappa shape index (κ3) is 3.55. The molecule has 0 fully saturated rings. The van der Waals surface area contributed by atoms with E-state index in [1.165, 1.54) is 0 Å². The maximum Gasteiger partial charge on any atom is 0.315 e. The zero-order chi connectivity index (χ0) is 12.1. The number of aliphatic hydroxyl groups excluding tert-OH is 1. The number of aliphatic hydroxyl groups is 2. The van der Waals surface area contributed by atoms with Gasteiger partial charge in [0.25, 0.3) is 0 Å². The number of nitrogens with zero attached hydrogens (tertiary/aromatic N) is 3. The topological polar surface area (TPSA) is 144 Å². The van der Waals surface area contributed by atoms with Crippen LogP contribution in [-0.4, -0.2) is 45.3 Å². The van der Waals surface area contributed by atoms with Crippen molar-refractivity contribution in [1.29, 1.82) is 0 Å². The van der Waals surface area contributed by atoms with Gasteiger partial charge in [0.2, 0.25) is 0 Å². The fourth-order valence-corrected chi connectivity index (χ4v) is 1.11. The molecular weight excluding hydrogens is 206 g/mol. The number of Topliss-reactive ketones (excluding diaryl/α,β-unsaturated/α-hetero) is 1. The van der Waals surface area contributed by atoms with Crippen LogP contribution in [0.4, 0.5) is 0 Å². The minimum atomic E-state index is -2.26. The molecule has 0 spiro atoms. The standard InChI is InChI=1S/C7H11N3O5/c1-4(12)2-7(15,3-11)5(6(13)14)9-10-8/h5,11,15H,2-3H2,1H3,(H,13,14). The van der Waals surface area contributed by atoms with E-state index in [4.69, 9.17) is 15.7 Å². The molecule has 0 aromatic carbocycles. The lowest BCUT2D eigenvalue weighted by Crippen LogP contribution is -2.50. The van der Waals surface area contributed by atoms with Gasteiger partial charge in [-0.15, -0.1) is 0 Å². The number of carbonyl (C=O) groups excluding carboxylic acids is 1. The van der Waals surface area contributed by atoms with Crippen molar-refractivity contribution in [2.45, 2.75) is 25.0 Å². The molecule has 2 unspecified atom stereocenters. The molecule has 0 saturated heterocycles. The van der Waals surface area contributed by atoms with Gasteiger partial charge in [0.1, 0.15) is 11.4 Å². The highest BCUT2D eigenvalue weighted by molar-refractivity contribution is 5.80. The maximum absolute atomic E-state index is 10.8. The van der Waals surface area contributed by atoms with Crippen molar-refractivity contribution in [3.05, 3.63) is 10.4 Å². The van der Waals surface area contributed by atoms with Crippen LogP contribution in [0.5, 0.6) is 0 Å². The van der Waals surface area contributed by atoms with Crippen molar-refractivity contribution >= 4 is 11.8 Å². The predicted molar refractivity (Wildman–Crippen MR) is 47.9 cm³/mol. The second kappa shape index (κ2) is 5.30. The summed E-state index contributed by atoms with van der Waals surface area (Å²) in [5.74, 6) is -2.13. The molecule has 2 atom stereocenters. The van der Waals surface area contributed by atoms with Crippen LogP contribution in [0.15, 0.2) is 5.11 Å². The van der Waals surface area contributed by atoms with Gasteiger partial charge in [0.05, 0.1) is 6.61 Å². The number of carboxylic acids is 1. The second-order valence-corrected chi connectivity index (χ2v) is 3.09. The van der Waals surface area contributed by atoms with E-state index >= 15 is 0 Å². The number of aliphatic carboxylic acids is 1. The molecule has 0 bridgehead atoms. The Balaban J connectivity index is 5.10. The SMILES string of the molecule is CC(=O)CC(O)(CO)C(N=[N+]=[N-])C(=O)O. The monoisotopic (exact) mass is 217 g/mol. The Hall–Kier alpha value is -1.63. The molecular formula is C7H11N3O5. The zero-order valence-electron chi connectivity index (χ0n) is 7.99. The lowest BCUT2D eigenvalue weighted by molar-refractivity contribution is -0.149. The first-order valence-electron chi connectivity index (χ1n) is 3.97. The van der Waals surface area contributed by atoms with Gasteiger partial charge in [-0.3, -0.25) is 9.59 Å². The summed E-state index contributed by atoms with van der Waals surface area (Å²) >= 11 is 0. The van der Waals surface area contributed by atoms with Crippen molar-refractivity contribution in [3.8, 4) is 0 Å². The summed E-state index contributed by atoms with van der Waals surface area (Å²) < 4.78 is 0. The molecule has 0 saturated carbocycles. The molecule has 84 valence electrons. The Kier molecular flexibility index (Phi) is 4.72. The van der Waals surface area contributed by atoms with Gasteiger partial charge in [-0.05, 0) is 12.5 Å². The highest BCUT2D eigenvalue weighted by atomic mass is 16.4. The molecule has 8 heteroatoms. The molecule has 0 aliphatic rings. The van der Waals surface area contributed by atoms with E-state index in [1.54, 1.807) is 0 Å². The average Bonchev–Trinajstić information content (AvgIpc) is 2.12. The molecule has 0 aromatic rings. The lowest BCUT2D eigenvalue weighted by atomic mass is 9.90. The van der Waals surface area contributed by atoms with Crippen LogP contribution >= 0.6 is 0 Å². The van der Waals surface area contributed by atoms with E-state index < -0.39 is 36.4 Å². The van der Waals surface area contributed by atoms with E-state index in [9.17, 15) is 14.7 Å². The molecule has 0 amide bonds. The van der Waals surface area contributed by atoms with Crippen molar-refractivity contribution in [3.63, 3.8) is 0 Å². The molecule has 15 heavy (non-hydrogen) atoms. The predicted octanol–water partition coefficient (Wildman–Crippen LogP) is -0.548. The molecule has 0 aliphatic heterocycles. The Labute approximate surface area is 84.8 Å². The van der Waals surface area contributed by atoms with E-state index in [2.05, 4.69) is 10.0 Å². The van der Waals surface area contributed by atoms with E-state index in [-0.39, 0.29) is 0 Å². The molecule has 8 nitrogen and oxygen atoms in total. The maximum atomic E-state index is 10.8.